The SMILES string of the molecule is Cc1cc(C)cc(-c2c(C)c(C)cc3c2C=C(c2ccc(-c4ccccc4)o2)[CH]3[Zr]([CH]2C(c3ccc(-c4ccccc4)o3)=Cc3c2cc(C)c(C)c3-c2cc(C)cc(C)c2)=[Si](C)C)c1.Cl.Cl. The molecule has 0 amide bonds. The molecule has 6 heteroatoms. The number of halogens is 2. The summed E-state index contributed by atoms with van der Waals surface area (Å²) >= 11 is -2.88. The summed E-state index contributed by atoms with van der Waals surface area (Å²) in [5.41, 5.74) is 25.7. The maximum absolute atomic E-state index is 7.06. The fraction of sp³-hybridized carbons (Fsp3) is 0.200. The van der Waals surface area contributed by atoms with Gasteiger partial charge in [0.05, 0.1) is 0 Å². The summed E-state index contributed by atoms with van der Waals surface area (Å²) in [5, 5.41) is 0. The van der Waals surface area contributed by atoms with Crippen LogP contribution in [0.15, 0.2) is 142 Å². The largest absolute Gasteiger partial charge is 0.147 e. The fourth-order valence-electron chi connectivity index (χ4n) is 10.9. The zero-order valence-corrected chi connectivity index (χ0v) is 44.7. The van der Waals surface area contributed by atoms with Crippen LogP contribution in [0.1, 0.15) is 85.5 Å². The first-order chi connectivity index (χ1) is 30.8. The van der Waals surface area contributed by atoms with Crippen LogP contribution in [0.3, 0.4) is 0 Å². The summed E-state index contributed by atoms with van der Waals surface area (Å²) in [4.78, 5) is 0. The molecule has 2 aliphatic carbocycles. The van der Waals surface area contributed by atoms with Crippen molar-refractivity contribution in [2.24, 2.45) is 0 Å². The molecule has 0 saturated heterocycles. The molecular formula is C60H58Cl2O2SiZr. The van der Waals surface area contributed by atoms with Crippen LogP contribution in [0.25, 0.3) is 68.2 Å². The molecule has 332 valence electrons. The molecule has 2 nitrogen and oxygen atoms in total. The van der Waals surface area contributed by atoms with Gasteiger partial charge in [0.1, 0.15) is 0 Å². The first kappa shape index (κ1) is 47.5. The first-order valence-electron chi connectivity index (χ1n) is 22.7. The third kappa shape index (κ3) is 8.49. The Bertz CT molecular complexity index is 3020. The van der Waals surface area contributed by atoms with Crippen molar-refractivity contribution in [2.45, 2.75) is 75.7 Å². The quantitative estimate of drug-likeness (QED) is 0.142. The van der Waals surface area contributed by atoms with E-state index in [1.807, 2.05) is 0 Å². The van der Waals surface area contributed by atoms with Crippen molar-refractivity contribution >= 4 is 53.5 Å². The molecular weight excluding hydrogens is 943 g/mol. The third-order valence-corrected chi connectivity index (χ3v) is 33.0. The predicted octanol–water partition coefficient (Wildman–Crippen LogP) is 17.6. The molecule has 0 N–H and O–H groups in total. The van der Waals surface area contributed by atoms with Crippen molar-refractivity contribution in [3.63, 3.8) is 0 Å². The molecule has 0 saturated carbocycles. The van der Waals surface area contributed by atoms with Gasteiger partial charge in [-0.1, -0.05) is 0 Å². The van der Waals surface area contributed by atoms with E-state index < -0.39 is 25.8 Å². The van der Waals surface area contributed by atoms with Gasteiger partial charge in [-0.3, -0.25) is 0 Å². The summed E-state index contributed by atoms with van der Waals surface area (Å²) in [6.45, 7) is 23.5. The molecule has 0 spiro atoms. The molecule has 6 aromatic carbocycles. The minimum absolute atomic E-state index is 0. The maximum Gasteiger partial charge on any atom is -0.147 e. The third-order valence-electron chi connectivity index (χ3n) is 13.8. The molecule has 2 heterocycles. The smallest absolute Gasteiger partial charge is 0.147 e. The standard InChI is InChI=1S/2C29H25O.C2H6Si.2ClH.Zr/c2*1-18-12-19(2)14-25(13-18)29-21(4)20(3)15-23-16-24(17-26(23)29)28-11-10-27(30-28)22-8-6-5-7-9-22;1-3-2;;;/h2*5-17H,1-4H3;1-2H3;2*1H;. The normalized spacial score (nSPS) is 14.8. The molecule has 10 rings (SSSR count). The van der Waals surface area contributed by atoms with Crippen LogP contribution in [0.2, 0.25) is 13.1 Å². The van der Waals surface area contributed by atoms with Gasteiger partial charge in [0.15, 0.2) is 0 Å². The Morgan fingerprint density at radius 1 is 0.409 bits per heavy atom. The Morgan fingerprint density at radius 2 is 0.758 bits per heavy atom. The van der Waals surface area contributed by atoms with E-state index >= 15 is 0 Å². The average Bonchev–Trinajstić information content (AvgIpc) is 4.08. The van der Waals surface area contributed by atoms with Gasteiger partial charge in [0, 0.05) is 0 Å². The van der Waals surface area contributed by atoms with E-state index in [4.69, 9.17) is 8.83 Å². The second-order valence-corrected chi connectivity index (χ2v) is 36.6. The molecule has 0 fully saturated rings. The molecule has 2 aromatic heterocycles. The second-order valence-electron chi connectivity index (χ2n) is 18.7. The molecule has 0 aliphatic heterocycles. The van der Waals surface area contributed by atoms with Crippen LogP contribution in [-0.2, 0) is 20.4 Å². The monoisotopic (exact) mass is 998 g/mol. The molecule has 2 unspecified atom stereocenters. The average molecular weight is 1000 g/mol. The van der Waals surface area contributed by atoms with Crippen molar-refractivity contribution in [2.75, 3.05) is 0 Å². The van der Waals surface area contributed by atoms with Gasteiger partial charge in [0.2, 0.25) is 0 Å². The topological polar surface area (TPSA) is 26.3 Å². The zero-order valence-electron chi connectivity index (χ0n) is 39.6. The van der Waals surface area contributed by atoms with Crippen LogP contribution in [0.5, 0.6) is 0 Å². The van der Waals surface area contributed by atoms with E-state index in [2.05, 4.69) is 214 Å². The Kier molecular flexibility index (Phi) is 13.7. The van der Waals surface area contributed by atoms with Crippen molar-refractivity contribution in [1.82, 2.24) is 0 Å². The van der Waals surface area contributed by atoms with Crippen molar-refractivity contribution < 1.29 is 29.2 Å². The van der Waals surface area contributed by atoms with Gasteiger partial charge in [0.25, 0.3) is 0 Å². The Balaban J connectivity index is 0.00000296. The van der Waals surface area contributed by atoms with Crippen molar-refractivity contribution in [1.29, 1.82) is 0 Å². The second kappa shape index (κ2) is 19.0. The molecule has 2 aliphatic rings. The Hall–Kier alpha value is -4.96. The number of rotatable bonds is 8. The van der Waals surface area contributed by atoms with Gasteiger partial charge >= 0.3 is 390 Å². The van der Waals surface area contributed by atoms with Crippen LogP contribution in [0, 0.1) is 55.4 Å². The summed E-state index contributed by atoms with van der Waals surface area (Å²) in [5.74, 6) is 3.81. The van der Waals surface area contributed by atoms with Crippen LogP contribution >= 0.6 is 24.8 Å². The molecule has 0 radical (unpaired) electrons. The van der Waals surface area contributed by atoms with Crippen LogP contribution in [0.4, 0.5) is 0 Å². The maximum atomic E-state index is 7.06. The molecule has 8 aromatic rings. The molecule has 2 atom stereocenters. The van der Waals surface area contributed by atoms with E-state index in [-0.39, 0.29) is 32.1 Å². The zero-order chi connectivity index (χ0) is 44.6. The van der Waals surface area contributed by atoms with Crippen molar-refractivity contribution in [3.05, 3.63) is 212 Å². The number of aryl methyl sites for hydroxylation is 6. The van der Waals surface area contributed by atoms with Gasteiger partial charge in [-0.05, 0) is 0 Å². The fourth-order valence-corrected chi connectivity index (χ4v) is 30.6. The summed E-state index contributed by atoms with van der Waals surface area (Å²) in [6.07, 6.45) is 5.11. The van der Waals surface area contributed by atoms with E-state index in [0.717, 1.165) is 34.2 Å². The number of furan rings is 2. The van der Waals surface area contributed by atoms with E-state index in [1.165, 1.54) is 100 Å². The van der Waals surface area contributed by atoms with Crippen LogP contribution < -0.4 is 0 Å². The Labute approximate surface area is 411 Å². The van der Waals surface area contributed by atoms with E-state index in [1.54, 1.807) is 0 Å². The number of benzene rings is 6. The van der Waals surface area contributed by atoms with Gasteiger partial charge in [-0.15, -0.1) is 24.8 Å². The first-order valence-corrected chi connectivity index (χ1v) is 31.7. The number of hydrogen-bond acceptors (Lipinski definition) is 2. The summed E-state index contributed by atoms with van der Waals surface area (Å²) in [6, 6.07) is 49.3. The number of fused-ring (bicyclic) bond motifs is 2. The molecule has 66 heavy (non-hydrogen) atoms. The minimum atomic E-state index is -2.88. The van der Waals surface area contributed by atoms with E-state index in [9.17, 15) is 0 Å². The summed E-state index contributed by atoms with van der Waals surface area (Å²) < 4.78 is 14.6. The van der Waals surface area contributed by atoms with Crippen molar-refractivity contribution in [3.8, 4) is 44.9 Å². The van der Waals surface area contributed by atoms with Crippen LogP contribution in [-0.4, -0.2) is 5.43 Å². The van der Waals surface area contributed by atoms with Gasteiger partial charge in [-0.2, -0.15) is 0 Å². The van der Waals surface area contributed by atoms with E-state index in [0.29, 0.717) is 0 Å². The van der Waals surface area contributed by atoms with Gasteiger partial charge < -0.3 is 0 Å². The number of allylic oxidation sites excluding steroid dienone is 2. The summed E-state index contributed by atoms with van der Waals surface area (Å²) in [7, 11) is 0. The molecule has 0 bridgehead atoms. The Morgan fingerprint density at radius 3 is 1.11 bits per heavy atom. The number of hydrogen-bond donors (Lipinski definition) is 0. The minimum Gasteiger partial charge on any atom is -0.147 e. The predicted molar refractivity (Wildman–Crippen MR) is 283 cm³/mol. The van der Waals surface area contributed by atoms with Gasteiger partial charge in [-0.25, -0.2) is 0 Å².